The number of nitrogens with zero attached hydrogens (tertiary/aromatic N) is 1. The molecule has 1 amide bonds. The van der Waals surface area contributed by atoms with E-state index in [2.05, 4.69) is 29.6 Å². The first-order valence-corrected chi connectivity index (χ1v) is 6.66. The fourth-order valence-corrected chi connectivity index (χ4v) is 2.51. The van der Waals surface area contributed by atoms with Gasteiger partial charge in [-0.05, 0) is 46.8 Å². The molecule has 4 nitrogen and oxygen atoms in total. The maximum atomic E-state index is 11.9. The number of halogens is 2. The zero-order valence-electron chi connectivity index (χ0n) is 12.4. The maximum absolute atomic E-state index is 11.9. The van der Waals surface area contributed by atoms with Crippen LogP contribution in [-0.4, -0.2) is 50.6 Å². The summed E-state index contributed by atoms with van der Waals surface area (Å²) in [7, 11) is 6.13. The molecule has 0 spiro atoms. The predicted molar refractivity (Wildman–Crippen MR) is 85.5 cm³/mol. The minimum absolute atomic E-state index is 0. The van der Waals surface area contributed by atoms with Crippen LogP contribution in [0.4, 0.5) is 0 Å². The molecule has 1 aliphatic rings. The maximum Gasteiger partial charge on any atom is 0.224 e. The molecule has 3 unspecified atom stereocenters. The Balaban J connectivity index is 0. The molecule has 1 saturated carbocycles. The van der Waals surface area contributed by atoms with Gasteiger partial charge < -0.3 is 15.5 Å². The molecule has 0 aliphatic heterocycles. The van der Waals surface area contributed by atoms with Gasteiger partial charge in [0.25, 0.3) is 0 Å². The molecule has 0 heterocycles. The number of rotatable bonds is 5. The molecule has 0 aromatic rings. The van der Waals surface area contributed by atoms with Crippen molar-refractivity contribution in [3.05, 3.63) is 0 Å². The van der Waals surface area contributed by atoms with Crippen LogP contribution in [0, 0.1) is 5.92 Å². The normalized spacial score (nSPS) is 24.1. The molecule has 0 radical (unpaired) electrons. The van der Waals surface area contributed by atoms with Crippen LogP contribution in [0.5, 0.6) is 0 Å². The lowest BCUT2D eigenvalue weighted by Gasteiger charge is -2.34. The van der Waals surface area contributed by atoms with Gasteiger partial charge in [0.05, 0.1) is 0 Å². The molecule has 2 N–H and O–H groups in total. The summed E-state index contributed by atoms with van der Waals surface area (Å²) in [5.74, 6) is 0.239. The van der Waals surface area contributed by atoms with Gasteiger partial charge in [0, 0.05) is 24.5 Å². The zero-order chi connectivity index (χ0) is 12.8. The summed E-state index contributed by atoms with van der Waals surface area (Å²) in [6.45, 7) is 2.72. The average molecular weight is 314 g/mol. The van der Waals surface area contributed by atoms with Crippen LogP contribution in [0.3, 0.4) is 0 Å². The summed E-state index contributed by atoms with van der Waals surface area (Å²) < 4.78 is 0. The van der Waals surface area contributed by atoms with Crippen LogP contribution in [0.1, 0.15) is 32.6 Å². The Morgan fingerprint density at radius 2 is 1.95 bits per heavy atom. The van der Waals surface area contributed by atoms with Gasteiger partial charge in [0.2, 0.25) is 5.91 Å². The van der Waals surface area contributed by atoms with Crippen LogP contribution in [-0.2, 0) is 4.79 Å². The summed E-state index contributed by atoms with van der Waals surface area (Å²) >= 11 is 0. The molecular formula is C13H29Cl2N3O. The lowest BCUT2D eigenvalue weighted by Crippen LogP contribution is -2.46. The van der Waals surface area contributed by atoms with Crippen LogP contribution in [0.25, 0.3) is 0 Å². The van der Waals surface area contributed by atoms with E-state index in [0.717, 1.165) is 19.4 Å². The van der Waals surface area contributed by atoms with E-state index >= 15 is 0 Å². The van der Waals surface area contributed by atoms with Crippen molar-refractivity contribution in [3.8, 4) is 0 Å². The van der Waals surface area contributed by atoms with Crippen molar-refractivity contribution in [3.63, 3.8) is 0 Å². The molecule has 1 aliphatic carbocycles. The second kappa shape index (κ2) is 10.7. The lowest BCUT2D eigenvalue weighted by atomic mass is 9.90. The summed E-state index contributed by atoms with van der Waals surface area (Å²) in [5, 5.41) is 6.23. The van der Waals surface area contributed by atoms with E-state index in [9.17, 15) is 4.79 Å². The third kappa shape index (κ3) is 7.35. The zero-order valence-corrected chi connectivity index (χ0v) is 14.1. The minimum Gasteiger partial charge on any atom is -0.353 e. The second-order valence-electron chi connectivity index (χ2n) is 5.45. The number of carbonyl (C=O) groups excluding carboxylic acids is 1. The second-order valence-corrected chi connectivity index (χ2v) is 5.45. The van der Waals surface area contributed by atoms with Gasteiger partial charge in [-0.3, -0.25) is 4.79 Å². The van der Waals surface area contributed by atoms with Crippen molar-refractivity contribution in [1.29, 1.82) is 0 Å². The smallest absolute Gasteiger partial charge is 0.224 e. The van der Waals surface area contributed by atoms with Gasteiger partial charge >= 0.3 is 0 Å². The van der Waals surface area contributed by atoms with Gasteiger partial charge in [-0.25, -0.2) is 0 Å². The quantitative estimate of drug-likeness (QED) is 0.811. The Hall–Kier alpha value is -0.0300. The summed E-state index contributed by atoms with van der Waals surface area (Å²) in [6.07, 6.45) is 4.69. The highest BCUT2D eigenvalue weighted by molar-refractivity contribution is 5.85. The van der Waals surface area contributed by atoms with Crippen molar-refractivity contribution in [1.82, 2.24) is 15.5 Å². The molecule has 0 aromatic carbocycles. The third-order valence-electron chi connectivity index (χ3n) is 3.68. The first kappa shape index (κ1) is 21.3. The monoisotopic (exact) mass is 313 g/mol. The Morgan fingerprint density at radius 3 is 2.47 bits per heavy atom. The van der Waals surface area contributed by atoms with Crippen molar-refractivity contribution < 1.29 is 4.79 Å². The molecule has 3 atom stereocenters. The van der Waals surface area contributed by atoms with Crippen molar-refractivity contribution in [2.24, 2.45) is 5.92 Å². The van der Waals surface area contributed by atoms with Crippen molar-refractivity contribution in [2.45, 2.75) is 44.7 Å². The number of hydrogen-bond donors (Lipinski definition) is 2. The molecule has 1 fully saturated rings. The molecular weight excluding hydrogens is 285 g/mol. The highest BCUT2D eigenvalue weighted by Crippen LogP contribution is 2.21. The Bertz CT molecular complexity index is 252. The highest BCUT2D eigenvalue weighted by Gasteiger charge is 2.25. The largest absolute Gasteiger partial charge is 0.353 e. The molecule has 0 saturated heterocycles. The fraction of sp³-hybridized carbons (Fsp3) is 0.923. The van der Waals surface area contributed by atoms with Crippen LogP contribution in [0.2, 0.25) is 0 Å². The van der Waals surface area contributed by atoms with Crippen LogP contribution >= 0.6 is 24.8 Å². The van der Waals surface area contributed by atoms with E-state index in [1.54, 1.807) is 0 Å². The standard InChI is InChI=1S/C13H27N3O.2ClH/c1-10(9-14-2)13(17)15-11-6-5-7-12(8-11)16(3)4;;/h10-12,14H,5-9H2,1-4H3,(H,15,17);2*1H. The van der Waals surface area contributed by atoms with Gasteiger partial charge in [-0.15, -0.1) is 24.8 Å². The summed E-state index contributed by atoms with van der Waals surface area (Å²) in [4.78, 5) is 14.2. The molecule has 19 heavy (non-hydrogen) atoms. The van der Waals surface area contributed by atoms with E-state index in [0.29, 0.717) is 12.1 Å². The molecule has 116 valence electrons. The van der Waals surface area contributed by atoms with E-state index in [1.807, 2.05) is 14.0 Å². The van der Waals surface area contributed by atoms with E-state index in [-0.39, 0.29) is 36.6 Å². The third-order valence-corrected chi connectivity index (χ3v) is 3.68. The number of nitrogens with one attached hydrogen (secondary N) is 2. The van der Waals surface area contributed by atoms with Gasteiger partial charge in [-0.2, -0.15) is 0 Å². The first-order chi connectivity index (χ1) is 8.04. The van der Waals surface area contributed by atoms with Crippen LogP contribution in [0.15, 0.2) is 0 Å². The van der Waals surface area contributed by atoms with Gasteiger partial charge in [-0.1, -0.05) is 6.92 Å². The van der Waals surface area contributed by atoms with Gasteiger partial charge in [0.1, 0.15) is 0 Å². The van der Waals surface area contributed by atoms with E-state index in [4.69, 9.17) is 0 Å². The fourth-order valence-electron chi connectivity index (χ4n) is 2.51. The molecule has 1 rings (SSSR count). The first-order valence-electron chi connectivity index (χ1n) is 6.66. The van der Waals surface area contributed by atoms with Crippen molar-refractivity contribution >= 4 is 30.7 Å². The number of carbonyl (C=O) groups is 1. The molecule has 0 bridgehead atoms. The summed E-state index contributed by atoms with van der Waals surface area (Å²) in [5.41, 5.74) is 0. The number of hydrogen-bond acceptors (Lipinski definition) is 3. The molecule has 6 heteroatoms. The number of amides is 1. The topological polar surface area (TPSA) is 44.4 Å². The predicted octanol–water partition coefficient (Wildman–Crippen LogP) is 1.67. The van der Waals surface area contributed by atoms with E-state index < -0.39 is 0 Å². The van der Waals surface area contributed by atoms with Crippen LogP contribution < -0.4 is 10.6 Å². The van der Waals surface area contributed by atoms with Crippen molar-refractivity contribution in [2.75, 3.05) is 27.7 Å². The Labute approximate surface area is 129 Å². The Morgan fingerprint density at radius 1 is 1.32 bits per heavy atom. The van der Waals surface area contributed by atoms with E-state index in [1.165, 1.54) is 12.8 Å². The molecule has 0 aromatic heterocycles. The van der Waals surface area contributed by atoms with Gasteiger partial charge in [0.15, 0.2) is 0 Å². The summed E-state index contributed by atoms with van der Waals surface area (Å²) in [6, 6.07) is 0.983. The minimum atomic E-state index is 0. The highest BCUT2D eigenvalue weighted by atomic mass is 35.5. The SMILES string of the molecule is CNCC(C)C(=O)NC1CCCC(N(C)C)C1.Cl.Cl. The average Bonchev–Trinajstić information content (AvgIpc) is 2.29. The lowest BCUT2D eigenvalue weighted by molar-refractivity contribution is -0.125. The Kier molecular flexibility index (Phi) is 12.0.